The van der Waals surface area contributed by atoms with Gasteiger partial charge in [0.15, 0.2) is 0 Å². The Morgan fingerprint density at radius 3 is 2.90 bits per heavy atom. The van der Waals surface area contributed by atoms with Crippen LogP contribution in [0.15, 0.2) is 12.2 Å². The van der Waals surface area contributed by atoms with Crippen LogP contribution in [0.4, 0.5) is 4.79 Å². The minimum Gasteiger partial charge on any atom is -0.447 e. The summed E-state index contributed by atoms with van der Waals surface area (Å²) < 4.78 is 4.88. The van der Waals surface area contributed by atoms with Crippen LogP contribution in [0.5, 0.6) is 0 Å². The Hall–Kier alpha value is -1.85. The molecule has 6 heteroatoms. The number of cyclic esters (lactones) is 1. The van der Waals surface area contributed by atoms with E-state index in [1.807, 2.05) is 6.92 Å². The van der Waals surface area contributed by atoms with Crippen LogP contribution in [0.3, 0.4) is 0 Å². The van der Waals surface area contributed by atoms with Gasteiger partial charge >= 0.3 is 6.09 Å². The summed E-state index contributed by atoms with van der Waals surface area (Å²) in [6, 6.07) is -0.222. The van der Waals surface area contributed by atoms with E-state index in [0.29, 0.717) is 19.4 Å². The van der Waals surface area contributed by atoms with Crippen molar-refractivity contribution in [2.24, 2.45) is 5.92 Å². The zero-order valence-electron chi connectivity index (χ0n) is 12.0. The van der Waals surface area contributed by atoms with Crippen molar-refractivity contribution in [3.63, 3.8) is 0 Å². The predicted octanol–water partition coefficient (Wildman–Crippen LogP) is 1.46. The van der Waals surface area contributed by atoms with Crippen LogP contribution in [0, 0.1) is 5.92 Å². The highest BCUT2D eigenvalue weighted by atomic mass is 16.6. The number of unbranched alkanes of at least 4 members (excludes halogenated alkanes) is 1. The highest BCUT2D eigenvalue weighted by Crippen LogP contribution is 2.20. The van der Waals surface area contributed by atoms with E-state index in [4.69, 9.17) is 4.74 Å². The van der Waals surface area contributed by atoms with E-state index < -0.39 is 6.09 Å². The van der Waals surface area contributed by atoms with E-state index in [9.17, 15) is 14.4 Å². The molecule has 0 aromatic heterocycles. The summed E-state index contributed by atoms with van der Waals surface area (Å²) >= 11 is 0. The number of amides is 3. The molecule has 0 aromatic carbocycles. The zero-order chi connectivity index (χ0) is 15.0. The molecule has 1 saturated heterocycles. The number of rotatable bonds is 8. The van der Waals surface area contributed by atoms with Crippen molar-refractivity contribution in [2.45, 2.75) is 39.2 Å². The first-order chi connectivity index (χ1) is 9.61. The monoisotopic (exact) mass is 282 g/mol. The Morgan fingerprint density at radius 2 is 2.35 bits per heavy atom. The second-order valence-corrected chi connectivity index (χ2v) is 4.84. The minimum atomic E-state index is -0.566. The first-order valence-electron chi connectivity index (χ1n) is 6.95. The molecule has 0 aliphatic carbocycles. The highest BCUT2D eigenvalue weighted by Gasteiger charge is 2.37. The van der Waals surface area contributed by atoms with E-state index in [2.05, 4.69) is 5.32 Å². The molecular weight excluding hydrogens is 260 g/mol. The maximum absolute atomic E-state index is 12.4. The van der Waals surface area contributed by atoms with Crippen LogP contribution in [-0.4, -0.2) is 42.5 Å². The van der Waals surface area contributed by atoms with E-state index in [1.165, 1.54) is 4.90 Å². The van der Waals surface area contributed by atoms with Crippen LogP contribution < -0.4 is 5.32 Å². The van der Waals surface area contributed by atoms with Crippen LogP contribution in [0.25, 0.3) is 0 Å². The molecule has 6 nitrogen and oxygen atoms in total. The van der Waals surface area contributed by atoms with Crippen molar-refractivity contribution in [1.29, 1.82) is 0 Å². The lowest BCUT2D eigenvalue weighted by Gasteiger charge is -2.21. The Bertz CT molecular complexity index is 381. The second-order valence-electron chi connectivity index (χ2n) is 4.84. The second kappa shape index (κ2) is 8.35. The van der Waals surface area contributed by atoms with Gasteiger partial charge in [0, 0.05) is 6.54 Å². The van der Waals surface area contributed by atoms with Crippen molar-refractivity contribution < 1.29 is 19.1 Å². The van der Waals surface area contributed by atoms with Crippen LogP contribution >= 0.6 is 0 Å². The maximum Gasteiger partial charge on any atom is 0.416 e. The molecule has 20 heavy (non-hydrogen) atoms. The summed E-state index contributed by atoms with van der Waals surface area (Å²) in [5.41, 5.74) is 0. The van der Waals surface area contributed by atoms with E-state index in [1.54, 1.807) is 19.1 Å². The fourth-order valence-electron chi connectivity index (χ4n) is 2.08. The van der Waals surface area contributed by atoms with Gasteiger partial charge in [-0.1, -0.05) is 31.9 Å². The van der Waals surface area contributed by atoms with Gasteiger partial charge in [-0.2, -0.15) is 0 Å². The molecule has 1 fully saturated rings. The van der Waals surface area contributed by atoms with E-state index >= 15 is 0 Å². The van der Waals surface area contributed by atoms with Crippen LogP contribution in [0.2, 0.25) is 0 Å². The molecule has 112 valence electrons. The molecule has 1 aliphatic rings. The highest BCUT2D eigenvalue weighted by molar-refractivity contribution is 5.95. The summed E-state index contributed by atoms with van der Waals surface area (Å²) in [6.45, 7) is 4.46. The first kappa shape index (κ1) is 16.2. The minimum absolute atomic E-state index is 0.222. The molecule has 0 unspecified atom stereocenters. The van der Waals surface area contributed by atoms with Gasteiger partial charge in [-0.05, 0) is 13.3 Å². The van der Waals surface area contributed by atoms with Gasteiger partial charge < -0.3 is 10.1 Å². The third-order valence-electron chi connectivity index (χ3n) is 3.20. The number of imide groups is 1. The summed E-state index contributed by atoms with van der Waals surface area (Å²) in [6.07, 6.45) is 6.09. The fraction of sp³-hybridized carbons (Fsp3) is 0.643. The average Bonchev–Trinajstić information content (AvgIpc) is 2.77. The van der Waals surface area contributed by atoms with Crippen molar-refractivity contribution in [3.05, 3.63) is 12.2 Å². The summed E-state index contributed by atoms with van der Waals surface area (Å²) in [4.78, 5) is 35.4. The maximum atomic E-state index is 12.4. The molecule has 1 aliphatic heterocycles. The molecule has 0 saturated carbocycles. The molecule has 1 N–H and O–H groups in total. The Balaban J connectivity index is 2.70. The van der Waals surface area contributed by atoms with E-state index in [0.717, 1.165) is 12.8 Å². The van der Waals surface area contributed by atoms with E-state index in [-0.39, 0.29) is 24.5 Å². The Labute approximate surface area is 119 Å². The molecule has 1 rings (SSSR count). The van der Waals surface area contributed by atoms with Crippen molar-refractivity contribution in [2.75, 3.05) is 13.2 Å². The fourth-order valence-corrected chi connectivity index (χ4v) is 2.08. The molecule has 1 heterocycles. The zero-order valence-corrected chi connectivity index (χ0v) is 12.0. The lowest BCUT2D eigenvalue weighted by molar-refractivity contribution is -0.131. The Kier molecular flexibility index (Phi) is 6.76. The normalized spacial score (nSPS) is 20.0. The van der Waals surface area contributed by atoms with Gasteiger partial charge in [-0.15, -0.1) is 0 Å². The van der Waals surface area contributed by atoms with Gasteiger partial charge in [0.1, 0.15) is 6.61 Å². The number of hydrogen-bond acceptors (Lipinski definition) is 4. The molecule has 0 aromatic rings. The number of hydrogen-bond donors (Lipinski definition) is 1. The topological polar surface area (TPSA) is 75.7 Å². The molecule has 3 amide bonds. The van der Waals surface area contributed by atoms with Crippen molar-refractivity contribution >= 4 is 18.4 Å². The largest absolute Gasteiger partial charge is 0.447 e. The summed E-state index contributed by atoms with van der Waals surface area (Å²) in [7, 11) is 0. The first-order valence-corrected chi connectivity index (χ1v) is 6.95. The summed E-state index contributed by atoms with van der Waals surface area (Å²) in [5.74, 6) is -0.577. The molecule has 0 radical (unpaired) electrons. The lowest BCUT2D eigenvalue weighted by atomic mass is 9.99. The van der Waals surface area contributed by atoms with Gasteiger partial charge in [-0.25, -0.2) is 9.69 Å². The molecule has 2 atom stereocenters. The standard InChI is InChI=1S/C14H22N2O4/c1-3-4-6-12(7-5-8-15-10-17)13(18)16-11(2)9-20-14(16)19/h5,7,10-12H,3-4,6,8-9H2,1-2H3,(H,15,17)/b7-5+/t11-,12-/m1/s1. The number of carbonyl (C=O) groups excluding carboxylic acids is 3. The van der Waals surface area contributed by atoms with Crippen LogP contribution in [0.1, 0.15) is 33.1 Å². The predicted molar refractivity (Wildman–Crippen MR) is 73.9 cm³/mol. The average molecular weight is 282 g/mol. The molecule has 0 spiro atoms. The molecule has 0 bridgehead atoms. The SMILES string of the molecule is CCCC[C@H](/C=C/CNC=O)C(=O)N1C(=O)OC[C@H]1C. The van der Waals surface area contributed by atoms with Crippen LogP contribution in [-0.2, 0) is 14.3 Å². The quantitative estimate of drug-likeness (QED) is 0.415. The van der Waals surface area contributed by atoms with Gasteiger partial charge in [0.05, 0.1) is 12.0 Å². The van der Waals surface area contributed by atoms with Gasteiger partial charge in [-0.3, -0.25) is 9.59 Å². The van der Waals surface area contributed by atoms with Gasteiger partial charge in [0.2, 0.25) is 12.3 Å². The number of carbonyl (C=O) groups is 3. The van der Waals surface area contributed by atoms with Gasteiger partial charge in [0.25, 0.3) is 0 Å². The smallest absolute Gasteiger partial charge is 0.416 e. The van der Waals surface area contributed by atoms with Crippen molar-refractivity contribution in [1.82, 2.24) is 10.2 Å². The number of nitrogens with one attached hydrogen (secondary N) is 1. The molecular formula is C14H22N2O4. The summed E-state index contributed by atoms with van der Waals surface area (Å²) in [5, 5.41) is 2.50. The lowest BCUT2D eigenvalue weighted by Crippen LogP contribution is -2.40. The number of ether oxygens (including phenoxy) is 1. The van der Waals surface area contributed by atoms with Crippen molar-refractivity contribution in [3.8, 4) is 0 Å². The number of nitrogens with zero attached hydrogens (tertiary/aromatic N) is 1. The Morgan fingerprint density at radius 1 is 1.60 bits per heavy atom. The third kappa shape index (κ3) is 4.36. The third-order valence-corrected chi connectivity index (χ3v) is 3.20.